The zero-order valence-corrected chi connectivity index (χ0v) is 18.5. The fraction of sp³-hybridized carbons (Fsp3) is 1.00. The minimum atomic E-state index is 0.233. The second kappa shape index (κ2) is 12.1. The van der Waals surface area contributed by atoms with Crippen molar-refractivity contribution >= 4 is 0 Å². The first-order valence-corrected chi connectivity index (χ1v) is 12.6. The van der Waals surface area contributed by atoms with Crippen LogP contribution in [0.2, 0.25) is 0 Å². The average molecular weight is 439 g/mol. The zero-order valence-electron chi connectivity index (χ0n) is 16.3. The normalized spacial score (nSPS) is 25.4. The van der Waals surface area contributed by atoms with E-state index < -0.39 is 0 Å². The zero-order chi connectivity index (χ0) is 17.2. The van der Waals surface area contributed by atoms with Gasteiger partial charge in [0, 0.05) is 0 Å². The molecule has 3 heteroatoms. The summed E-state index contributed by atoms with van der Waals surface area (Å²) in [6, 6.07) is 0. The molecule has 4 atom stereocenters. The molecule has 0 spiro atoms. The molecule has 2 unspecified atom stereocenters. The summed E-state index contributed by atoms with van der Waals surface area (Å²) >= 11 is 0.233. The third-order valence-corrected chi connectivity index (χ3v) is 8.44. The van der Waals surface area contributed by atoms with Crippen LogP contribution < -0.4 is 21.2 Å². The molecular formula is C20H40IO2-. The van der Waals surface area contributed by atoms with Crippen molar-refractivity contribution in [2.75, 3.05) is 11.0 Å². The molecule has 140 valence electrons. The molecule has 0 aromatic carbocycles. The van der Waals surface area contributed by atoms with E-state index in [9.17, 15) is 0 Å². The van der Waals surface area contributed by atoms with Gasteiger partial charge in [-0.25, -0.2) is 0 Å². The maximum atomic E-state index is 6.62. The van der Waals surface area contributed by atoms with Gasteiger partial charge in [-0.2, -0.15) is 0 Å². The summed E-state index contributed by atoms with van der Waals surface area (Å²) in [5, 5.41) is 0. The number of ether oxygens (including phenoxy) is 2. The van der Waals surface area contributed by atoms with Gasteiger partial charge in [-0.1, -0.05) is 0 Å². The predicted octanol–water partition coefficient (Wildman–Crippen LogP) is 2.49. The molecule has 23 heavy (non-hydrogen) atoms. The first kappa shape index (κ1) is 21.7. The van der Waals surface area contributed by atoms with Gasteiger partial charge >= 0.3 is 156 Å². The summed E-state index contributed by atoms with van der Waals surface area (Å²) < 4.78 is 14.6. The van der Waals surface area contributed by atoms with Crippen LogP contribution in [0.3, 0.4) is 0 Å². The number of halogens is 1. The van der Waals surface area contributed by atoms with E-state index in [0.717, 1.165) is 18.4 Å². The molecule has 0 bridgehead atoms. The summed E-state index contributed by atoms with van der Waals surface area (Å²) in [5.74, 6) is 2.17. The van der Waals surface area contributed by atoms with E-state index in [4.69, 9.17) is 9.47 Å². The SMILES string of the molecule is CC[C@@H]1CCC[I-]C1O[C@H](C)C(CCCC(C)C)COC(C)C. The van der Waals surface area contributed by atoms with Crippen molar-refractivity contribution in [1.82, 2.24) is 0 Å². The average Bonchev–Trinajstić information content (AvgIpc) is 2.50. The van der Waals surface area contributed by atoms with Gasteiger partial charge in [-0.05, 0) is 0 Å². The number of rotatable bonds is 11. The van der Waals surface area contributed by atoms with Crippen LogP contribution >= 0.6 is 0 Å². The Bertz CT molecular complexity index is 293. The van der Waals surface area contributed by atoms with Crippen molar-refractivity contribution in [2.24, 2.45) is 17.8 Å². The van der Waals surface area contributed by atoms with Crippen molar-refractivity contribution in [3.05, 3.63) is 0 Å². The molecule has 1 rings (SSSR count). The predicted molar refractivity (Wildman–Crippen MR) is 95.5 cm³/mol. The topological polar surface area (TPSA) is 18.5 Å². The van der Waals surface area contributed by atoms with Gasteiger partial charge in [0.15, 0.2) is 0 Å². The van der Waals surface area contributed by atoms with Crippen molar-refractivity contribution in [1.29, 1.82) is 0 Å². The molecular weight excluding hydrogens is 399 g/mol. The van der Waals surface area contributed by atoms with Crippen LogP contribution in [0.25, 0.3) is 0 Å². The monoisotopic (exact) mass is 439 g/mol. The van der Waals surface area contributed by atoms with Crippen LogP contribution in [0, 0.1) is 17.8 Å². The maximum absolute atomic E-state index is 6.62. The van der Waals surface area contributed by atoms with Crippen molar-refractivity contribution in [3.63, 3.8) is 0 Å². The molecule has 0 aromatic rings. The number of hydrogen-bond donors (Lipinski definition) is 0. The molecule has 1 saturated heterocycles. The Kier molecular flexibility index (Phi) is 11.4. The third-order valence-electron chi connectivity index (χ3n) is 4.87. The second-order valence-electron chi connectivity index (χ2n) is 7.81. The summed E-state index contributed by atoms with van der Waals surface area (Å²) in [4.78, 5) is 0. The van der Waals surface area contributed by atoms with E-state index in [0.29, 0.717) is 22.2 Å². The van der Waals surface area contributed by atoms with E-state index >= 15 is 0 Å². The molecule has 0 amide bonds. The quantitative estimate of drug-likeness (QED) is 0.364. The van der Waals surface area contributed by atoms with Crippen LogP contribution in [0.1, 0.15) is 80.1 Å². The Morgan fingerprint density at radius 3 is 2.43 bits per heavy atom. The van der Waals surface area contributed by atoms with Crippen molar-refractivity contribution in [2.45, 2.75) is 96.4 Å². The standard InChI is InChI=1S/C20H40IO2/c1-7-18-12-9-13-21-20(18)23-17(6)19(14-22-16(4)5)11-8-10-15(2)3/h15-20H,7-14H2,1-6H3/q-1/t17-,18-,19?,20?/m1/s1. The third kappa shape index (κ3) is 9.06. The van der Waals surface area contributed by atoms with Crippen LogP contribution in [0.15, 0.2) is 0 Å². The Morgan fingerprint density at radius 2 is 1.83 bits per heavy atom. The summed E-state index contributed by atoms with van der Waals surface area (Å²) in [7, 11) is 0. The minimum absolute atomic E-state index is 0.233. The van der Waals surface area contributed by atoms with Gasteiger partial charge in [0.25, 0.3) is 0 Å². The Balaban J connectivity index is 2.52. The van der Waals surface area contributed by atoms with Gasteiger partial charge in [0.1, 0.15) is 0 Å². The van der Waals surface area contributed by atoms with Crippen LogP contribution in [-0.4, -0.2) is 27.4 Å². The van der Waals surface area contributed by atoms with E-state index in [1.165, 1.54) is 43.0 Å². The fourth-order valence-electron chi connectivity index (χ4n) is 3.19. The Hall–Kier alpha value is 0.650. The molecule has 0 aliphatic carbocycles. The van der Waals surface area contributed by atoms with Crippen molar-refractivity contribution in [3.8, 4) is 0 Å². The molecule has 0 N–H and O–H groups in total. The molecule has 2 nitrogen and oxygen atoms in total. The molecule has 1 fully saturated rings. The first-order chi connectivity index (χ1) is 10.9. The number of hydrogen-bond acceptors (Lipinski definition) is 2. The molecule has 0 aromatic heterocycles. The summed E-state index contributed by atoms with van der Waals surface area (Å²) in [5.41, 5.74) is 0. The van der Waals surface area contributed by atoms with Crippen LogP contribution in [0.5, 0.6) is 0 Å². The Labute approximate surface area is 155 Å². The summed E-state index contributed by atoms with van der Waals surface area (Å²) in [6.45, 7) is 14.4. The fourth-order valence-corrected chi connectivity index (χ4v) is 6.94. The van der Waals surface area contributed by atoms with Crippen LogP contribution in [0.4, 0.5) is 0 Å². The summed E-state index contributed by atoms with van der Waals surface area (Å²) in [6.07, 6.45) is 8.64. The van der Waals surface area contributed by atoms with Crippen molar-refractivity contribution < 1.29 is 30.7 Å². The molecule has 1 aliphatic rings. The van der Waals surface area contributed by atoms with E-state index in [2.05, 4.69) is 41.5 Å². The van der Waals surface area contributed by atoms with Gasteiger partial charge in [-0.3, -0.25) is 0 Å². The van der Waals surface area contributed by atoms with E-state index in [-0.39, 0.29) is 21.2 Å². The van der Waals surface area contributed by atoms with E-state index in [1.54, 1.807) is 0 Å². The van der Waals surface area contributed by atoms with Gasteiger partial charge in [-0.15, -0.1) is 0 Å². The van der Waals surface area contributed by atoms with Gasteiger partial charge < -0.3 is 0 Å². The number of alkyl halides is 2. The van der Waals surface area contributed by atoms with Crippen LogP contribution in [-0.2, 0) is 9.47 Å². The molecule has 0 saturated carbocycles. The molecule has 1 aliphatic heterocycles. The van der Waals surface area contributed by atoms with Gasteiger partial charge in [0.2, 0.25) is 0 Å². The molecule has 0 radical (unpaired) electrons. The van der Waals surface area contributed by atoms with Gasteiger partial charge in [0.05, 0.1) is 0 Å². The second-order valence-corrected chi connectivity index (χ2v) is 11.0. The molecule has 1 heterocycles. The first-order valence-electron chi connectivity index (χ1n) is 9.78. The Morgan fingerprint density at radius 1 is 1.09 bits per heavy atom. The van der Waals surface area contributed by atoms with E-state index in [1.807, 2.05) is 0 Å².